The van der Waals surface area contributed by atoms with E-state index >= 15 is 0 Å². The van der Waals surface area contributed by atoms with Crippen LogP contribution in [-0.4, -0.2) is 89.6 Å². The smallest absolute Gasteiger partial charge is 0.455 e. The molecule has 3 aromatic rings. The average molecular weight is 563 g/mol. The van der Waals surface area contributed by atoms with Crippen LogP contribution in [0.4, 0.5) is 0 Å². The zero-order chi connectivity index (χ0) is 29.5. The predicted octanol–water partition coefficient (Wildman–Crippen LogP) is 1.79. The van der Waals surface area contributed by atoms with Crippen LogP contribution in [0.3, 0.4) is 0 Å². The van der Waals surface area contributed by atoms with Crippen molar-refractivity contribution in [2.45, 2.75) is 57.2 Å². The third-order valence-corrected chi connectivity index (χ3v) is 6.66. The van der Waals surface area contributed by atoms with Gasteiger partial charge in [0.1, 0.15) is 5.78 Å². The van der Waals surface area contributed by atoms with Crippen molar-refractivity contribution in [2.24, 2.45) is 0 Å². The third-order valence-electron chi connectivity index (χ3n) is 6.66. The molecule has 3 aromatic heterocycles. The first-order valence-corrected chi connectivity index (χ1v) is 13.7. The number of carboxylic acid groups (broad SMARTS) is 1. The third kappa shape index (κ3) is 12.7. The average Bonchev–Trinajstić information content (AvgIpc) is 2.95. The van der Waals surface area contributed by atoms with Gasteiger partial charge < -0.3 is 20.3 Å². The fraction of sp³-hybridized carbons (Fsp3) is 0.414. The first-order valence-electron chi connectivity index (χ1n) is 13.7. The minimum Gasteiger partial charge on any atom is -0.481 e. The van der Waals surface area contributed by atoms with Gasteiger partial charge in [-0.2, -0.15) is 0 Å². The first kappa shape index (κ1) is 32.0. The largest absolute Gasteiger partial charge is 0.481 e. The summed E-state index contributed by atoms with van der Waals surface area (Å²) in [6.45, 7) is 2.84. The van der Waals surface area contributed by atoms with E-state index in [-0.39, 0.29) is 31.6 Å². The van der Waals surface area contributed by atoms with Crippen LogP contribution >= 0.6 is 0 Å². The van der Waals surface area contributed by atoms with Crippen molar-refractivity contribution in [1.29, 1.82) is 0 Å². The second-order valence-corrected chi connectivity index (χ2v) is 10.1. The van der Waals surface area contributed by atoms with Crippen molar-refractivity contribution in [3.05, 3.63) is 90.3 Å². The lowest BCUT2D eigenvalue weighted by Crippen LogP contribution is -2.38. The molecule has 218 valence electrons. The number of aliphatic hydroxyl groups is 1. The molecule has 0 aliphatic carbocycles. The van der Waals surface area contributed by atoms with Crippen molar-refractivity contribution in [2.75, 3.05) is 19.6 Å². The summed E-state index contributed by atoms with van der Waals surface area (Å²) in [6, 6.07) is 17.2. The summed E-state index contributed by atoms with van der Waals surface area (Å²) >= 11 is 0. The van der Waals surface area contributed by atoms with Crippen LogP contribution in [0.5, 0.6) is 0 Å². The van der Waals surface area contributed by atoms with E-state index in [4.69, 9.17) is 5.11 Å². The number of ketones is 1. The number of hydrogen-bond acceptors (Lipinski definition) is 10. The van der Waals surface area contributed by atoms with Crippen LogP contribution < -0.4 is 0 Å². The summed E-state index contributed by atoms with van der Waals surface area (Å²) in [5.74, 6) is -2.14. The van der Waals surface area contributed by atoms with Crippen LogP contribution in [0.2, 0.25) is 5.82 Å². The van der Waals surface area contributed by atoms with E-state index in [0.717, 1.165) is 17.1 Å². The monoisotopic (exact) mass is 563 g/mol. The molecular weight excluding hydrogens is 525 g/mol. The van der Waals surface area contributed by atoms with Gasteiger partial charge in [-0.25, -0.2) is 0 Å². The maximum absolute atomic E-state index is 13.1. The summed E-state index contributed by atoms with van der Waals surface area (Å²) in [7, 11) is -1.76. The van der Waals surface area contributed by atoms with Crippen LogP contribution in [0.1, 0.15) is 42.8 Å². The van der Waals surface area contributed by atoms with Crippen LogP contribution in [0, 0.1) is 0 Å². The quantitative estimate of drug-likeness (QED) is 0.158. The first-order chi connectivity index (χ1) is 19.8. The topological polar surface area (TPSA) is 160 Å². The van der Waals surface area contributed by atoms with Crippen molar-refractivity contribution in [3.63, 3.8) is 0 Å². The summed E-state index contributed by atoms with van der Waals surface area (Å²) < 4.78 is 0. The Bertz CT molecular complexity index is 1130. The molecule has 4 N–H and O–H groups in total. The Hall–Kier alpha value is -3.55. The molecule has 0 fully saturated rings. The lowest BCUT2D eigenvalue weighted by Gasteiger charge is -2.27. The fourth-order valence-electron chi connectivity index (χ4n) is 4.55. The highest BCUT2D eigenvalue weighted by Gasteiger charge is 2.28. The summed E-state index contributed by atoms with van der Waals surface area (Å²) in [5.41, 5.74) is 2.64. The standard InChI is InChI=1S/C29H38BN5O6/c36-27(18-29(38)39)11-10-23(30(40)41)17-28(37)22-35(21-26-9-3-6-14-33-26)16-15-34(19-24-7-1-4-12-31-24)20-25-8-2-5-13-32-25/h1-9,12-14,23,27,36,40-41H,10-11,15-22H2,(H,38,39)/t23-,27?/m1/s1. The Morgan fingerprint density at radius 2 is 1.22 bits per heavy atom. The molecule has 0 aliphatic rings. The Kier molecular flexibility index (Phi) is 13.5. The highest BCUT2D eigenvalue weighted by atomic mass is 16.4. The summed E-state index contributed by atoms with van der Waals surface area (Å²) in [4.78, 5) is 41.5. The Balaban J connectivity index is 1.67. The number of hydrogen-bond donors (Lipinski definition) is 4. The van der Waals surface area contributed by atoms with Crippen LogP contribution in [-0.2, 0) is 29.2 Å². The van der Waals surface area contributed by atoms with Gasteiger partial charge in [-0.15, -0.1) is 0 Å². The molecule has 0 aliphatic heterocycles. The number of carboxylic acids is 1. The zero-order valence-corrected chi connectivity index (χ0v) is 23.1. The van der Waals surface area contributed by atoms with Gasteiger partial charge in [-0.3, -0.25) is 34.3 Å². The lowest BCUT2D eigenvalue weighted by molar-refractivity contribution is -0.139. The SMILES string of the molecule is O=C(O)CC(O)CC[C@H](CC(=O)CN(CCN(Cc1ccccn1)Cc1ccccn1)Cc1ccccn1)B(O)O. The van der Waals surface area contributed by atoms with Gasteiger partial charge in [-0.1, -0.05) is 18.2 Å². The highest BCUT2D eigenvalue weighted by Crippen LogP contribution is 2.22. The van der Waals surface area contributed by atoms with E-state index < -0.39 is 31.4 Å². The highest BCUT2D eigenvalue weighted by molar-refractivity contribution is 6.43. The molecule has 3 rings (SSSR count). The number of nitrogens with zero attached hydrogens (tertiary/aromatic N) is 5. The van der Waals surface area contributed by atoms with Crippen molar-refractivity contribution in [3.8, 4) is 0 Å². The van der Waals surface area contributed by atoms with Crippen molar-refractivity contribution >= 4 is 18.9 Å². The Morgan fingerprint density at radius 3 is 1.66 bits per heavy atom. The van der Waals surface area contributed by atoms with E-state index in [1.54, 1.807) is 18.6 Å². The van der Waals surface area contributed by atoms with E-state index in [9.17, 15) is 24.7 Å². The van der Waals surface area contributed by atoms with Gasteiger partial charge in [0.25, 0.3) is 0 Å². The van der Waals surface area contributed by atoms with Crippen molar-refractivity contribution < 1.29 is 29.9 Å². The normalized spacial score (nSPS) is 12.8. The van der Waals surface area contributed by atoms with E-state index in [1.165, 1.54) is 0 Å². The molecular formula is C29H38BN5O6. The fourth-order valence-corrected chi connectivity index (χ4v) is 4.55. The van der Waals surface area contributed by atoms with Gasteiger partial charge >= 0.3 is 13.1 Å². The molecule has 0 spiro atoms. The molecule has 3 heterocycles. The molecule has 11 nitrogen and oxygen atoms in total. The number of carbonyl (C=O) groups is 2. The number of aliphatic carboxylic acids is 1. The molecule has 2 atom stereocenters. The Morgan fingerprint density at radius 1 is 0.732 bits per heavy atom. The lowest BCUT2D eigenvalue weighted by atomic mass is 9.67. The number of Topliss-reactive ketones (excluding diaryl/α,β-unsaturated/α-hetero) is 1. The van der Waals surface area contributed by atoms with Crippen LogP contribution in [0.15, 0.2) is 73.2 Å². The molecule has 0 bridgehead atoms. The number of rotatable bonds is 19. The van der Waals surface area contributed by atoms with E-state index in [2.05, 4.69) is 19.9 Å². The number of carbonyl (C=O) groups excluding carboxylic acids is 1. The van der Waals surface area contributed by atoms with E-state index in [0.29, 0.717) is 32.7 Å². The van der Waals surface area contributed by atoms with Gasteiger partial charge in [0.2, 0.25) is 0 Å². The molecule has 12 heteroatoms. The number of aliphatic hydroxyl groups excluding tert-OH is 1. The second kappa shape index (κ2) is 17.3. The number of pyridine rings is 3. The van der Waals surface area contributed by atoms with Gasteiger partial charge in [0, 0.05) is 63.6 Å². The maximum Gasteiger partial charge on any atom is 0.455 e. The molecule has 0 amide bonds. The summed E-state index contributed by atoms with van der Waals surface area (Å²) in [6.07, 6.45) is 3.71. The molecule has 0 saturated carbocycles. The molecule has 41 heavy (non-hydrogen) atoms. The van der Waals surface area contributed by atoms with Crippen LogP contribution in [0.25, 0.3) is 0 Å². The Labute approximate surface area is 240 Å². The minimum atomic E-state index is -1.76. The summed E-state index contributed by atoms with van der Waals surface area (Å²) in [5, 5.41) is 38.4. The number of aromatic nitrogens is 3. The molecule has 0 aromatic carbocycles. The van der Waals surface area contributed by atoms with Gasteiger partial charge in [-0.05, 0) is 49.2 Å². The van der Waals surface area contributed by atoms with Crippen molar-refractivity contribution in [1.82, 2.24) is 24.8 Å². The molecule has 1 unspecified atom stereocenters. The second-order valence-electron chi connectivity index (χ2n) is 10.1. The van der Waals surface area contributed by atoms with Gasteiger partial charge in [0.15, 0.2) is 0 Å². The van der Waals surface area contributed by atoms with E-state index in [1.807, 2.05) is 59.5 Å². The van der Waals surface area contributed by atoms with Gasteiger partial charge in [0.05, 0.1) is 36.2 Å². The predicted molar refractivity (Wildman–Crippen MR) is 153 cm³/mol. The zero-order valence-electron chi connectivity index (χ0n) is 23.1. The minimum absolute atomic E-state index is 0.0511. The molecule has 0 radical (unpaired) electrons. The molecule has 0 saturated heterocycles. The maximum atomic E-state index is 13.1.